The van der Waals surface area contributed by atoms with Crippen molar-refractivity contribution in [3.05, 3.63) is 35.1 Å². The van der Waals surface area contributed by atoms with E-state index >= 15 is 0 Å². The lowest BCUT2D eigenvalue weighted by Gasteiger charge is -2.19. The molecule has 0 radical (unpaired) electrons. The molecule has 3 heteroatoms. The van der Waals surface area contributed by atoms with Gasteiger partial charge in [-0.1, -0.05) is 24.5 Å². The van der Waals surface area contributed by atoms with E-state index in [2.05, 4.69) is 5.32 Å². The number of amides is 1. The van der Waals surface area contributed by atoms with Crippen LogP contribution in [0.15, 0.2) is 18.2 Å². The van der Waals surface area contributed by atoms with Crippen LogP contribution in [-0.4, -0.2) is 12.5 Å². The van der Waals surface area contributed by atoms with Gasteiger partial charge in [-0.15, -0.1) is 0 Å². The predicted molar refractivity (Wildman–Crippen MR) is 77.0 cm³/mol. The van der Waals surface area contributed by atoms with E-state index in [1.54, 1.807) is 12.1 Å². The number of nitrogens with one attached hydrogen (secondary N) is 1. The second kappa shape index (κ2) is 5.55. The van der Waals surface area contributed by atoms with Crippen LogP contribution in [-0.2, 0) is 0 Å². The lowest BCUT2D eigenvalue weighted by Crippen LogP contribution is -2.31. The van der Waals surface area contributed by atoms with E-state index in [4.69, 9.17) is 0 Å². The minimum absolute atomic E-state index is 0.172. The Labute approximate surface area is 119 Å². The van der Waals surface area contributed by atoms with Crippen LogP contribution in [0.4, 0.5) is 4.39 Å². The van der Waals surface area contributed by atoms with Crippen molar-refractivity contribution in [2.24, 2.45) is 17.8 Å². The highest BCUT2D eigenvalue weighted by Gasteiger charge is 2.38. The largest absolute Gasteiger partial charge is 0.352 e. The molecule has 2 nitrogen and oxygen atoms in total. The highest BCUT2D eigenvalue weighted by molar-refractivity contribution is 5.94. The average Bonchev–Trinajstić information content (AvgIpc) is 3.02. The number of hydrogen-bond donors (Lipinski definition) is 1. The SMILES string of the molecule is Cc1ccc(F)c(C(=O)NC[C@H]2CC[C@@H]3CCC[C@@H]32)c1. The number of hydrogen-bond acceptors (Lipinski definition) is 1. The number of fused-ring (bicyclic) bond motifs is 1. The molecular weight excluding hydrogens is 253 g/mol. The van der Waals surface area contributed by atoms with E-state index in [0.29, 0.717) is 12.5 Å². The molecule has 0 saturated heterocycles. The van der Waals surface area contributed by atoms with Gasteiger partial charge in [-0.2, -0.15) is 0 Å². The van der Waals surface area contributed by atoms with Crippen molar-refractivity contribution in [1.82, 2.24) is 5.32 Å². The normalized spacial score (nSPS) is 28.4. The topological polar surface area (TPSA) is 29.1 Å². The smallest absolute Gasteiger partial charge is 0.254 e. The van der Waals surface area contributed by atoms with E-state index in [9.17, 15) is 9.18 Å². The fraction of sp³-hybridized carbons (Fsp3) is 0.588. The van der Waals surface area contributed by atoms with E-state index in [-0.39, 0.29) is 11.5 Å². The summed E-state index contributed by atoms with van der Waals surface area (Å²) >= 11 is 0. The zero-order chi connectivity index (χ0) is 14.1. The predicted octanol–water partition coefficient (Wildman–Crippen LogP) is 3.69. The number of benzene rings is 1. The Morgan fingerprint density at radius 2 is 2.15 bits per heavy atom. The summed E-state index contributed by atoms with van der Waals surface area (Å²) in [7, 11) is 0. The Kier molecular flexibility index (Phi) is 3.77. The molecule has 2 fully saturated rings. The van der Waals surface area contributed by atoms with Gasteiger partial charge < -0.3 is 5.32 Å². The highest BCUT2D eigenvalue weighted by Crippen LogP contribution is 2.47. The summed E-state index contributed by atoms with van der Waals surface area (Å²) in [6.07, 6.45) is 6.54. The van der Waals surface area contributed by atoms with Gasteiger partial charge in [0.25, 0.3) is 5.91 Å². The van der Waals surface area contributed by atoms with Gasteiger partial charge in [-0.05, 0) is 56.1 Å². The van der Waals surface area contributed by atoms with Crippen LogP contribution in [0.5, 0.6) is 0 Å². The molecule has 0 aromatic heterocycles. The van der Waals surface area contributed by atoms with Crippen molar-refractivity contribution >= 4 is 5.91 Å². The third-order valence-electron chi connectivity index (χ3n) is 5.12. The number of aryl methyl sites for hydroxylation is 1. The van der Waals surface area contributed by atoms with Gasteiger partial charge in [0.15, 0.2) is 0 Å². The molecule has 2 aliphatic rings. The van der Waals surface area contributed by atoms with Crippen LogP contribution in [0, 0.1) is 30.5 Å². The lowest BCUT2D eigenvalue weighted by molar-refractivity contribution is 0.0939. The van der Waals surface area contributed by atoms with E-state index < -0.39 is 5.82 Å². The van der Waals surface area contributed by atoms with Crippen molar-refractivity contribution in [3.63, 3.8) is 0 Å². The van der Waals surface area contributed by atoms with Gasteiger partial charge in [0.05, 0.1) is 5.56 Å². The summed E-state index contributed by atoms with van der Waals surface area (Å²) in [6.45, 7) is 2.57. The molecule has 2 aliphatic carbocycles. The molecule has 1 aromatic carbocycles. The molecule has 20 heavy (non-hydrogen) atoms. The molecule has 0 aliphatic heterocycles. The third-order valence-corrected chi connectivity index (χ3v) is 5.12. The van der Waals surface area contributed by atoms with Gasteiger partial charge in [0, 0.05) is 6.54 Å². The minimum atomic E-state index is -0.432. The maximum atomic E-state index is 13.7. The van der Waals surface area contributed by atoms with Crippen molar-refractivity contribution in [2.45, 2.75) is 39.0 Å². The molecule has 1 N–H and O–H groups in total. The van der Waals surface area contributed by atoms with Crippen LogP contribution >= 0.6 is 0 Å². The maximum Gasteiger partial charge on any atom is 0.254 e. The van der Waals surface area contributed by atoms with Gasteiger partial charge in [-0.25, -0.2) is 4.39 Å². The molecule has 3 atom stereocenters. The van der Waals surface area contributed by atoms with E-state index in [1.807, 2.05) is 6.92 Å². The summed E-state index contributed by atoms with van der Waals surface area (Å²) in [6, 6.07) is 4.68. The number of carbonyl (C=O) groups excluding carboxylic acids is 1. The van der Waals surface area contributed by atoms with E-state index in [1.165, 1.54) is 38.2 Å². The highest BCUT2D eigenvalue weighted by atomic mass is 19.1. The number of rotatable bonds is 3. The van der Waals surface area contributed by atoms with Crippen LogP contribution in [0.1, 0.15) is 48.0 Å². The van der Waals surface area contributed by atoms with Gasteiger partial charge in [-0.3, -0.25) is 4.79 Å². The molecule has 0 unspecified atom stereocenters. The first-order valence-electron chi connectivity index (χ1n) is 7.69. The first-order chi connectivity index (χ1) is 9.65. The third kappa shape index (κ3) is 2.58. The van der Waals surface area contributed by atoms with Gasteiger partial charge in [0.2, 0.25) is 0 Å². The second-order valence-electron chi connectivity index (χ2n) is 6.39. The van der Waals surface area contributed by atoms with Crippen molar-refractivity contribution in [1.29, 1.82) is 0 Å². The Balaban J connectivity index is 1.61. The lowest BCUT2D eigenvalue weighted by atomic mass is 9.92. The van der Waals surface area contributed by atoms with Gasteiger partial charge in [0.1, 0.15) is 5.82 Å². The Morgan fingerprint density at radius 3 is 3.00 bits per heavy atom. The van der Waals surface area contributed by atoms with Crippen molar-refractivity contribution < 1.29 is 9.18 Å². The first-order valence-corrected chi connectivity index (χ1v) is 7.69. The molecule has 1 aromatic rings. The van der Waals surface area contributed by atoms with Crippen molar-refractivity contribution in [3.8, 4) is 0 Å². The summed E-state index contributed by atoms with van der Waals surface area (Å²) < 4.78 is 13.7. The van der Waals surface area contributed by atoms with Crippen LogP contribution in [0.3, 0.4) is 0 Å². The Hall–Kier alpha value is -1.38. The Bertz CT molecular complexity index is 514. The molecule has 0 heterocycles. The fourth-order valence-electron chi connectivity index (χ4n) is 4.07. The fourth-order valence-corrected chi connectivity index (χ4v) is 4.07. The van der Waals surface area contributed by atoms with Gasteiger partial charge >= 0.3 is 0 Å². The summed E-state index contributed by atoms with van der Waals surface area (Å²) in [5.74, 6) is 1.57. The molecule has 1 amide bonds. The molecule has 0 bridgehead atoms. The van der Waals surface area contributed by atoms with E-state index in [0.717, 1.165) is 17.4 Å². The monoisotopic (exact) mass is 275 g/mol. The summed E-state index contributed by atoms with van der Waals surface area (Å²) in [5.41, 5.74) is 1.08. The molecule has 108 valence electrons. The zero-order valence-electron chi connectivity index (χ0n) is 12.0. The van der Waals surface area contributed by atoms with Crippen molar-refractivity contribution in [2.75, 3.05) is 6.54 Å². The average molecular weight is 275 g/mol. The molecule has 2 saturated carbocycles. The molecule has 3 rings (SSSR count). The number of carbonyl (C=O) groups is 1. The maximum absolute atomic E-state index is 13.7. The summed E-state index contributed by atoms with van der Waals surface area (Å²) in [5, 5.41) is 2.94. The van der Waals surface area contributed by atoms with Crippen LogP contribution in [0.25, 0.3) is 0 Å². The molecule has 0 spiro atoms. The van der Waals surface area contributed by atoms with Crippen LogP contribution < -0.4 is 5.32 Å². The minimum Gasteiger partial charge on any atom is -0.352 e. The standard InChI is InChI=1S/C17H22FNO/c1-11-5-8-16(18)15(9-11)17(20)19-10-13-7-6-12-3-2-4-14(12)13/h5,8-9,12-14H,2-4,6-7,10H2,1H3,(H,19,20)/t12-,13+,14-/m0/s1. The van der Waals surface area contributed by atoms with Crippen LogP contribution in [0.2, 0.25) is 0 Å². The zero-order valence-corrected chi connectivity index (χ0v) is 12.0. The quantitative estimate of drug-likeness (QED) is 0.895. The molecular formula is C17H22FNO. The first kappa shape index (κ1) is 13.6. The second-order valence-corrected chi connectivity index (χ2v) is 6.39. The Morgan fingerprint density at radius 1 is 1.30 bits per heavy atom. The summed E-state index contributed by atoms with van der Waals surface area (Å²) in [4.78, 5) is 12.1. The number of halogens is 1.